The minimum Gasteiger partial charge on any atom is -1.00 e. The maximum absolute atomic E-state index is 12.3. The fraction of sp³-hybridized carbons (Fsp3) is 0.417. The number of likely N-dealkylation sites (N-methyl/N-ethyl adjacent to an activating group) is 1. The molecule has 0 aliphatic heterocycles. The van der Waals surface area contributed by atoms with Crippen molar-refractivity contribution in [2.24, 2.45) is 5.73 Å². The van der Waals surface area contributed by atoms with E-state index in [2.05, 4.69) is 56.7 Å². The molecule has 0 spiro atoms. The van der Waals surface area contributed by atoms with Gasteiger partial charge in [0.2, 0.25) is 11.9 Å². The number of pyridine rings is 1. The molecule has 0 bridgehead atoms. The van der Waals surface area contributed by atoms with Crippen molar-refractivity contribution in [1.82, 2.24) is 30.2 Å². The Morgan fingerprint density at radius 1 is 0.852 bits per heavy atom. The number of carboxylic acids is 2. The minimum atomic E-state index is -1.64. The van der Waals surface area contributed by atoms with Crippen LogP contribution in [-0.4, -0.2) is 176 Å². The number of amides is 2. The van der Waals surface area contributed by atoms with Crippen molar-refractivity contribution >= 4 is 46.6 Å². The molecule has 2 amide bonds. The number of quaternary nitrogens is 1. The van der Waals surface area contributed by atoms with Gasteiger partial charge in [0.05, 0.1) is 51.7 Å². The molecule has 61 heavy (non-hydrogen) atoms. The van der Waals surface area contributed by atoms with Crippen LogP contribution in [0.3, 0.4) is 0 Å². The molecule has 24 nitrogen and oxygen atoms in total. The Morgan fingerprint density at radius 2 is 1.41 bits per heavy atom. The lowest BCUT2D eigenvalue weighted by atomic mass is 9.85. The van der Waals surface area contributed by atoms with E-state index in [4.69, 9.17) is 57.4 Å². The summed E-state index contributed by atoms with van der Waals surface area (Å²) in [7, 11) is 6.16. The highest BCUT2D eigenvalue weighted by Gasteiger charge is 2.47. The average Bonchev–Trinajstić information content (AvgIpc) is 3.20. The SMILES string of the molecule is C[N+](C)(C)CCO.NC(=O)c1cccnc1.Nc1nc2ncc(CNc3ccc(C(=O)N[C@@H](CCC(=O)O)C(=O)O)cc3)nc2c(=O)[nH]1.OC1C(O)C(O)C(O)C(O)C1O.[Cl-]. The summed E-state index contributed by atoms with van der Waals surface area (Å²) >= 11 is 0. The number of aliphatic hydroxyl groups excluding tert-OH is 7. The first-order chi connectivity index (χ1) is 28.1. The van der Waals surface area contributed by atoms with Crippen molar-refractivity contribution in [2.75, 3.05) is 45.3 Å². The number of aliphatic hydroxyl groups is 7. The van der Waals surface area contributed by atoms with Gasteiger partial charge in [-0.2, -0.15) is 4.98 Å². The molecular weight excluding hydrogens is 832 g/mol. The number of primary amides is 1. The number of H-pyrrole nitrogens is 1. The molecule has 1 saturated carbocycles. The number of nitrogen functional groups attached to an aromatic ring is 1. The van der Waals surface area contributed by atoms with Crippen LogP contribution in [0.25, 0.3) is 11.2 Å². The summed E-state index contributed by atoms with van der Waals surface area (Å²) in [5.41, 5.74) is 11.8. The van der Waals surface area contributed by atoms with E-state index in [0.29, 0.717) is 16.9 Å². The molecular formula is C36H51ClN10O14. The number of carbonyl (C=O) groups excluding carboxylic acids is 2. The second-order valence-corrected chi connectivity index (χ2v) is 14.0. The number of aromatic nitrogens is 5. The Balaban J connectivity index is 0.000000519. The second kappa shape index (κ2) is 25.0. The van der Waals surface area contributed by atoms with Gasteiger partial charge >= 0.3 is 11.9 Å². The van der Waals surface area contributed by atoms with E-state index in [1.807, 2.05) is 0 Å². The first-order valence-electron chi connectivity index (χ1n) is 17.9. The fourth-order valence-electron chi connectivity index (χ4n) is 4.78. The van der Waals surface area contributed by atoms with Gasteiger partial charge in [0.1, 0.15) is 49.2 Å². The van der Waals surface area contributed by atoms with Crippen molar-refractivity contribution in [3.8, 4) is 0 Å². The number of nitrogens with two attached hydrogens (primary N) is 2. The van der Waals surface area contributed by atoms with Gasteiger partial charge in [0, 0.05) is 30.1 Å². The summed E-state index contributed by atoms with van der Waals surface area (Å²) in [5.74, 6) is -3.60. The molecule has 1 atom stereocenters. The first-order valence-corrected chi connectivity index (χ1v) is 17.9. The number of fused-ring (bicyclic) bond motifs is 1. The van der Waals surface area contributed by atoms with Gasteiger partial charge in [-0.15, -0.1) is 0 Å². The van der Waals surface area contributed by atoms with Gasteiger partial charge < -0.3 is 84.9 Å². The lowest BCUT2D eigenvalue weighted by molar-refractivity contribution is -0.870. The standard InChI is InChI=1S/C19H19N7O6.C6H6N2O.C6H12O6.C5H14NO.ClH/c20-19-25-15-14(17(30)26-19)23-11(8-22-15)7-21-10-3-1-9(2-4-10)16(29)24-12(18(31)32)5-6-13(27)28;7-6(9)5-2-1-3-8-4-5;7-1-2(8)4(10)6(12)5(11)3(1)9;1-6(2,3)4-5-7;/h1-4,8,12,21H,5-7H2,(H,24,29)(H,27,28)(H,31,32)(H3,20,22,25,26,30);1-4H,(H2,7,9);1-12H;7H,4-5H2,1-3H3;1H/q;;;+1;/p-1/t12-;;;;/m0..../s1. The topological polar surface area (TPSA) is 411 Å². The molecule has 0 radical (unpaired) electrons. The molecule has 3 heterocycles. The highest BCUT2D eigenvalue weighted by atomic mass is 35.5. The molecule has 336 valence electrons. The molecule has 25 heteroatoms. The monoisotopic (exact) mass is 882 g/mol. The Morgan fingerprint density at radius 3 is 1.82 bits per heavy atom. The fourth-order valence-corrected chi connectivity index (χ4v) is 4.78. The van der Waals surface area contributed by atoms with E-state index in [1.165, 1.54) is 24.5 Å². The van der Waals surface area contributed by atoms with Crippen LogP contribution in [0.2, 0.25) is 0 Å². The van der Waals surface area contributed by atoms with Gasteiger partial charge in [0.15, 0.2) is 11.2 Å². The van der Waals surface area contributed by atoms with Gasteiger partial charge in [0.25, 0.3) is 11.5 Å². The number of carbonyl (C=O) groups is 4. The summed E-state index contributed by atoms with van der Waals surface area (Å²) in [5, 5.41) is 85.4. The molecule has 0 saturated heterocycles. The maximum Gasteiger partial charge on any atom is 0.326 e. The number of hydrogen-bond donors (Lipinski definition) is 14. The Hall–Kier alpha value is -5.96. The molecule has 5 rings (SSSR count). The van der Waals surface area contributed by atoms with Gasteiger partial charge in [-0.3, -0.25) is 29.1 Å². The highest BCUT2D eigenvalue weighted by molar-refractivity contribution is 5.97. The van der Waals surface area contributed by atoms with Crippen LogP contribution in [0.4, 0.5) is 11.6 Å². The lowest BCUT2D eigenvalue weighted by Gasteiger charge is -2.39. The molecule has 16 N–H and O–H groups in total. The van der Waals surface area contributed by atoms with E-state index in [-0.39, 0.29) is 61.1 Å². The van der Waals surface area contributed by atoms with Crippen LogP contribution in [0, 0.1) is 0 Å². The van der Waals surface area contributed by atoms with Crippen molar-refractivity contribution in [2.45, 2.75) is 62.1 Å². The number of halogens is 1. The quantitative estimate of drug-likeness (QED) is 0.0588. The third-order valence-electron chi connectivity index (χ3n) is 8.17. The number of benzene rings is 1. The molecule has 3 aromatic heterocycles. The van der Waals surface area contributed by atoms with E-state index in [9.17, 15) is 24.0 Å². The van der Waals surface area contributed by atoms with Crippen LogP contribution < -0.4 is 40.1 Å². The second-order valence-electron chi connectivity index (χ2n) is 14.0. The van der Waals surface area contributed by atoms with Crippen molar-refractivity contribution < 1.29 is 82.0 Å². The highest BCUT2D eigenvalue weighted by Crippen LogP contribution is 2.21. The van der Waals surface area contributed by atoms with Crippen LogP contribution in [0.1, 0.15) is 39.3 Å². The zero-order chi connectivity index (χ0) is 45.3. The predicted molar refractivity (Wildman–Crippen MR) is 211 cm³/mol. The number of carboxylic acid groups (broad SMARTS) is 2. The number of nitrogens with one attached hydrogen (secondary N) is 3. The van der Waals surface area contributed by atoms with Gasteiger partial charge in [-0.1, -0.05) is 0 Å². The summed E-state index contributed by atoms with van der Waals surface area (Å²) in [4.78, 5) is 74.6. The third kappa shape index (κ3) is 17.7. The average molecular weight is 883 g/mol. The van der Waals surface area contributed by atoms with Crippen LogP contribution in [0.15, 0.2) is 59.8 Å². The smallest absolute Gasteiger partial charge is 0.326 e. The lowest BCUT2D eigenvalue weighted by Crippen LogP contribution is -3.00. The summed E-state index contributed by atoms with van der Waals surface area (Å²) < 4.78 is 0.844. The molecule has 0 unspecified atom stereocenters. The zero-order valence-corrected chi connectivity index (χ0v) is 33.9. The Kier molecular flexibility index (Phi) is 21.7. The number of anilines is 2. The normalized spacial score (nSPS) is 19.7. The number of nitrogens with zero attached hydrogens (tertiary/aromatic N) is 5. The Labute approximate surface area is 353 Å². The summed E-state index contributed by atoms with van der Waals surface area (Å²) in [6.45, 7) is 1.35. The number of hydrogen-bond acceptors (Lipinski definition) is 18. The number of rotatable bonds is 12. The molecule has 4 aromatic rings. The minimum absolute atomic E-state index is 0. The van der Waals surface area contributed by atoms with E-state index in [0.717, 1.165) is 11.0 Å². The summed E-state index contributed by atoms with van der Waals surface area (Å²) in [6.07, 6.45) is -5.98. The molecule has 1 fully saturated rings. The maximum atomic E-state index is 12.3. The molecule has 1 aromatic carbocycles. The van der Waals surface area contributed by atoms with Gasteiger partial charge in [-0.05, 0) is 42.8 Å². The number of aliphatic carboxylic acids is 2. The van der Waals surface area contributed by atoms with Crippen LogP contribution >= 0.6 is 0 Å². The zero-order valence-electron chi connectivity index (χ0n) is 33.1. The molecule has 1 aliphatic rings. The van der Waals surface area contributed by atoms with Gasteiger partial charge in [-0.25, -0.2) is 14.8 Å². The van der Waals surface area contributed by atoms with Crippen molar-refractivity contribution in [3.63, 3.8) is 0 Å². The van der Waals surface area contributed by atoms with E-state index in [1.54, 1.807) is 30.5 Å². The number of aromatic amines is 1. The Bertz CT molecular complexity index is 2020. The third-order valence-corrected chi connectivity index (χ3v) is 8.17. The first kappa shape index (κ1) is 53.1. The predicted octanol–water partition coefficient (Wildman–Crippen LogP) is -7.01. The van der Waals surface area contributed by atoms with E-state index >= 15 is 0 Å². The van der Waals surface area contributed by atoms with Crippen molar-refractivity contribution in [3.05, 3.63) is 82.2 Å². The van der Waals surface area contributed by atoms with Crippen molar-refractivity contribution in [1.29, 1.82) is 0 Å². The van der Waals surface area contributed by atoms with E-state index < -0.39 is 72.0 Å². The molecule has 1 aliphatic carbocycles. The van der Waals surface area contributed by atoms with Crippen LogP contribution in [0.5, 0.6) is 0 Å². The largest absolute Gasteiger partial charge is 1.00 e. The van der Waals surface area contributed by atoms with Crippen LogP contribution in [-0.2, 0) is 16.1 Å². The summed E-state index contributed by atoms with van der Waals surface area (Å²) in [6, 6.07) is 8.15.